The monoisotopic (exact) mass is 415 g/mol. The molecule has 2 aromatic carbocycles. The first-order valence-electron chi connectivity index (χ1n) is 8.25. The van der Waals surface area contributed by atoms with Crippen LogP contribution in [-0.4, -0.2) is 33.3 Å². The van der Waals surface area contributed by atoms with Gasteiger partial charge in [0.05, 0.1) is 16.2 Å². The van der Waals surface area contributed by atoms with Gasteiger partial charge >= 0.3 is 6.18 Å². The predicted molar refractivity (Wildman–Crippen MR) is 94.2 cm³/mol. The molecule has 0 spiro atoms. The number of carbonyl (C=O) groups is 1. The average Bonchev–Trinajstić information content (AvgIpc) is 2.66. The molecule has 1 amide bonds. The molecule has 2 aromatic rings. The number of hydrogen-bond donors (Lipinski definition) is 1. The molecule has 1 aliphatic heterocycles. The molecule has 28 heavy (non-hydrogen) atoms. The first-order chi connectivity index (χ1) is 13.1. The quantitative estimate of drug-likeness (QED) is 0.811. The molecule has 1 heterocycles. The number of rotatable bonds is 5. The van der Waals surface area contributed by atoms with Crippen molar-refractivity contribution in [1.29, 1.82) is 0 Å². The molecular formula is C18H16F3NO5S. The summed E-state index contributed by atoms with van der Waals surface area (Å²) in [6.07, 6.45) is -4.95. The van der Waals surface area contributed by atoms with Crippen molar-refractivity contribution in [2.24, 2.45) is 0 Å². The minimum absolute atomic E-state index is 0.0244. The Morgan fingerprint density at radius 2 is 1.75 bits per heavy atom. The Morgan fingerprint density at radius 1 is 1.04 bits per heavy atom. The first kappa shape index (κ1) is 20.0. The number of nitrogens with one attached hydrogen (secondary N) is 1. The lowest BCUT2D eigenvalue weighted by molar-refractivity contribution is -0.137. The highest BCUT2D eigenvalue weighted by molar-refractivity contribution is 7.91. The Bertz CT molecular complexity index is 989. The number of amides is 1. The van der Waals surface area contributed by atoms with Gasteiger partial charge in [-0.1, -0.05) is 6.07 Å². The van der Waals surface area contributed by atoms with Crippen LogP contribution in [0.5, 0.6) is 11.5 Å². The molecule has 0 atom stereocenters. The fourth-order valence-corrected chi connectivity index (χ4v) is 3.81. The average molecular weight is 415 g/mol. The van der Waals surface area contributed by atoms with E-state index in [0.717, 1.165) is 18.2 Å². The van der Waals surface area contributed by atoms with Gasteiger partial charge in [-0.3, -0.25) is 4.79 Å². The number of ether oxygens (including phenoxy) is 2. The number of anilines is 1. The van der Waals surface area contributed by atoms with Gasteiger partial charge in [0.1, 0.15) is 13.2 Å². The highest BCUT2D eigenvalue weighted by Gasteiger charge is 2.30. The third-order valence-electron chi connectivity index (χ3n) is 3.94. The van der Waals surface area contributed by atoms with E-state index in [-0.39, 0.29) is 10.6 Å². The lowest BCUT2D eigenvalue weighted by atomic mass is 10.2. The zero-order chi connectivity index (χ0) is 20.4. The van der Waals surface area contributed by atoms with Gasteiger partial charge in [0, 0.05) is 18.2 Å². The van der Waals surface area contributed by atoms with Crippen molar-refractivity contribution in [3.63, 3.8) is 0 Å². The highest BCUT2D eigenvalue weighted by Crippen LogP contribution is 2.33. The SMILES string of the molecule is O=C(CCS(=O)(=O)c1ccc2c(c1)OCCO2)Nc1cccc(C(F)(F)F)c1. The van der Waals surface area contributed by atoms with Gasteiger partial charge in [-0.2, -0.15) is 13.2 Å². The second kappa shape index (κ2) is 7.70. The van der Waals surface area contributed by atoms with E-state index in [1.807, 2.05) is 0 Å². The zero-order valence-electron chi connectivity index (χ0n) is 14.5. The van der Waals surface area contributed by atoms with Crippen LogP contribution in [0.1, 0.15) is 12.0 Å². The molecule has 0 radical (unpaired) electrons. The molecule has 0 unspecified atom stereocenters. The van der Waals surface area contributed by atoms with Crippen LogP contribution >= 0.6 is 0 Å². The zero-order valence-corrected chi connectivity index (χ0v) is 15.3. The van der Waals surface area contributed by atoms with Crippen molar-refractivity contribution in [1.82, 2.24) is 0 Å². The molecule has 6 nitrogen and oxygen atoms in total. The largest absolute Gasteiger partial charge is 0.486 e. The van der Waals surface area contributed by atoms with Gasteiger partial charge in [-0.05, 0) is 30.3 Å². The number of alkyl halides is 3. The second-order valence-corrected chi connectivity index (χ2v) is 8.11. The van der Waals surface area contributed by atoms with E-state index >= 15 is 0 Å². The minimum Gasteiger partial charge on any atom is -0.486 e. The Kier molecular flexibility index (Phi) is 5.50. The molecular weight excluding hydrogens is 399 g/mol. The van der Waals surface area contributed by atoms with E-state index in [9.17, 15) is 26.4 Å². The van der Waals surface area contributed by atoms with Gasteiger partial charge in [0.15, 0.2) is 21.3 Å². The summed E-state index contributed by atoms with van der Waals surface area (Å²) in [7, 11) is -3.79. The van der Waals surface area contributed by atoms with Crippen molar-refractivity contribution in [3.8, 4) is 11.5 Å². The van der Waals surface area contributed by atoms with Crippen LogP contribution in [0.4, 0.5) is 18.9 Å². The number of sulfone groups is 1. The number of hydrogen-bond acceptors (Lipinski definition) is 5. The summed E-state index contributed by atoms with van der Waals surface area (Å²) in [5.41, 5.74) is -0.967. The smallest absolute Gasteiger partial charge is 0.416 e. The molecule has 1 aliphatic rings. The van der Waals surface area contributed by atoms with Crippen molar-refractivity contribution in [3.05, 3.63) is 48.0 Å². The summed E-state index contributed by atoms with van der Waals surface area (Å²) < 4.78 is 73.7. The maximum Gasteiger partial charge on any atom is 0.416 e. The third-order valence-corrected chi connectivity index (χ3v) is 5.66. The fourth-order valence-electron chi connectivity index (χ4n) is 2.56. The standard InChI is InChI=1S/C18H16F3NO5S/c19-18(20,21)12-2-1-3-13(10-12)22-17(23)6-9-28(24,25)14-4-5-15-16(11-14)27-8-7-26-15/h1-5,10-11H,6-9H2,(H,22,23). The van der Waals surface area contributed by atoms with E-state index in [0.29, 0.717) is 24.7 Å². The second-order valence-electron chi connectivity index (χ2n) is 6.00. The van der Waals surface area contributed by atoms with Crippen LogP contribution in [0.2, 0.25) is 0 Å². The summed E-state index contributed by atoms with van der Waals surface area (Å²) in [4.78, 5) is 12.0. The van der Waals surface area contributed by atoms with Gasteiger partial charge in [-0.25, -0.2) is 8.42 Å². The minimum atomic E-state index is -4.54. The molecule has 0 fully saturated rings. The number of carbonyl (C=O) groups excluding carboxylic acids is 1. The molecule has 0 saturated carbocycles. The molecule has 0 aliphatic carbocycles. The normalized spacial score (nSPS) is 13.8. The van der Waals surface area contributed by atoms with Crippen LogP contribution in [0, 0.1) is 0 Å². The number of halogens is 3. The van der Waals surface area contributed by atoms with E-state index in [4.69, 9.17) is 9.47 Å². The lowest BCUT2D eigenvalue weighted by Crippen LogP contribution is -2.19. The Hall–Kier alpha value is -2.75. The van der Waals surface area contributed by atoms with Crippen LogP contribution in [0.3, 0.4) is 0 Å². The summed E-state index contributed by atoms with van der Waals surface area (Å²) >= 11 is 0. The fraction of sp³-hybridized carbons (Fsp3) is 0.278. The van der Waals surface area contributed by atoms with Crippen molar-refractivity contribution >= 4 is 21.4 Å². The maximum atomic E-state index is 12.7. The van der Waals surface area contributed by atoms with Crippen molar-refractivity contribution < 1.29 is 35.9 Å². The number of fused-ring (bicyclic) bond motifs is 1. The molecule has 1 N–H and O–H groups in total. The Balaban J connectivity index is 1.64. The summed E-state index contributed by atoms with van der Waals surface area (Å²) in [6.45, 7) is 0.671. The van der Waals surface area contributed by atoms with Crippen LogP contribution in [0.25, 0.3) is 0 Å². The van der Waals surface area contributed by atoms with E-state index < -0.39 is 39.7 Å². The molecule has 0 bridgehead atoms. The van der Waals surface area contributed by atoms with E-state index in [2.05, 4.69) is 5.32 Å². The van der Waals surface area contributed by atoms with Crippen molar-refractivity contribution in [2.45, 2.75) is 17.5 Å². The lowest BCUT2D eigenvalue weighted by Gasteiger charge is -2.18. The summed E-state index contributed by atoms with van der Waals surface area (Å²) in [6, 6.07) is 8.27. The number of benzene rings is 2. The predicted octanol–water partition coefficient (Wildman–Crippen LogP) is 3.28. The van der Waals surface area contributed by atoms with Gasteiger partial charge in [-0.15, -0.1) is 0 Å². The molecule has 10 heteroatoms. The molecule has 150 valence electrons. The Labute approximate surface area is 159 Å². The maximum absolute atomic E-state index is 12.7. The first-order valence-corrected chi connectivity index (χ1v) is 9.90. The van der Waals surface area contributed by atoms with Crippen LogP contribution in [-0.2, 0) is 20.8 Å². The summed E-state index contributed by atoms with van der Waals surface area (Å²) in [5, 5.41) is 2.28. The molecule has 3 rings (SSSR count). The molecule has 0 saturated heterocycles. The van der Waals surface area contributed by atoms with E-state index in [1.165, 1.54) is 24.3 Å². The van der Waals surface area contributed by atoms with Gasteiger partial charge in [0.25, 0.3) is 0 Å². The van der Waals surface area contributed by atoms with Gasteiger partial charge in [0.2, 0.25) is 5.91 Å². The van der Waals surface area contributed by atoms with E-state index in [1.54, 1.807) is 0 Å². The van der Waals surface area contributed by atoms with Crippen molar-refractivity contribution in [2.75, 3.05) is 24.3 Å². The Morgan fingerprint density at radius 3 is 2.46 bits per heavy atom. The highest BCUT2D eigenvalue weighted by atomic mass is 32.2. The summed E-state index contributed by atoms with van der Waals surface area (Å²) in [5.74, 6) is -0.467. The van der Waals surface area contributed by atoms with Crippen LogP contribution in [0.15, 0.2) is 47.4 Å². The topological polar surface area (TPSA) is 81.7 Å². The van der Waals surface area contributed by atoms with Crippen LogP contribution < -0.4 is 14.8 Å². The van der Waals surface area contributed by atoms with Gasteiger partial charge < -0.3 is 14.8 Å². The molecule has 0 aromatic heterocycles. The third kappa shape index (κ3) is 4.75.